The molecule has 2 aromatic carbocycles. The van der Waals surface area contributed by atoms with Crippen LogP contribution in [-0.2, 0) is 19.2 Å². The number of carbonyl (C=O) groups excluding carboxylic acids is 4. The van der Waals surface area contributed by atoms with Gasteiger partial charge in [0.15, 0.2) is 23.1 Å². The van der Waals surface area contributed by atoms with E-state index in [1.54, 1.807) is 38.1 Å². The molecule has 0 atom stereocenters. The number of benzene rings is 2. The molecule has 0 aromatic heterocycles. The molecule has 6 nitrogen and oxygen atoms in total. The first-order chi connectivity index (χ1) is 14.2. The smallest absolute Gasteiger partial charge is 0.167 e. The highest BCUT2D eigenvalue weighted by Gasteiger charge is 2.34. The van der Waals surface area contributed by atoms with Crippen LogP contribution in [0.15, 0.2) is 24.3 Å². The van der Waals surface area contributed by atoms with Crippen molar-refractivity contribution in [2.45, 2.75) is 39.5 Å². The van der Waals surface area contributed by atoms with Crippen molar-refractivity contribution in [2.75, 3.05) is 0 Å². The van der Waals surface area contributed by atoms with Gasteiger partial charge in [-0.15, -0.1) is 0 Å². The summed E-state index contributed by atoms with van der Waals surface area (Å²) < 4.78 is 0. The highest BCUT2D eigenvalue weighted by molar-refractivity contribution is 6.45. The van der Waals surface area contributed by atoms with Crippen LogP contribution in [0.3, 0.4) is 0 Å². The van der Waals surface area contributed by atoms with Crippen LogP contribution in [0.4, 0.5) is 0 Å². The number of hydrogen-bond donors (Lipinski definition) is 2. The van der Waals surface area contributed by atoms with E-state index in [4.69, 9.17) is 0 Å². The average molecular weight is 406 g/mol. The fourth-order valence-electron chi connectivity index (χ4n) is 4.58. The van der Waals surface area contributed by atoms with Gasteiger partial charge in [-0.1, -0.05) is 38.1 Å². The monoisotopic (exact) mass is 406 g/mol. The van der Waals surface area contributed by atoms with Gasteiger partial charge in [0.25, 0.3) is 0 Å². The van der Waals surface area contributed by atoms with Crippen molar-refractivity contribution in [3.8, 4) is 11.5 Å². The topological polar surface area (TPSA) is 109 Å². The molecule has 0 radical (unpaired) electrons. The van der Waals surface area contributed by atoms with Crippen LogP contribution in [0, 0.1) is 11.8 Å². The third-order valence-corrected chi connectivity index (χ3v) is 5.91. The van der Waals surface area contributed by atoms with Crippen LogP contribution in [-0.4, -0.2) is 33.3 Å². The van der Waals surface area contributed by atoms with Gasteiger partial charge in [0.2, 0.25) is 0 Å². The van der Waals surface area contributed by atoms with Crippen molar-refractivity contribution in [2.24, 2.45) is 11.8 Å². The zero-order valence-electron chi connectivity index (χ0n) is 16.8. The van der Waals surface area contributed by atoms with Crippen LogP contribution < -0.4 is 10.4 Å². The molecule has 2 aromatic rings. The van der Waals surface area contributed by atoms with Gasteiger partial charge in [0.05, 0.1) is 11.1 Å². The fraction of sp³-hybridized carbons (Fsp3) is 0.333. The molecule has 0 saturated heterocycles. The first-order valence-corrected chi connectivity index (χ1v) is 10.0. The second-order valence-electron chi connectivity index (χ2n) is 8.46. The second-order valence-corrected chi connectivity index (χ2v) is 8.46. The van der Waals surface area contributed by atoms with Gasteiger partial charge >= 0.3 is 0 Å². The molecule has 2 aliphatic carbocycles. The SMILES string of the molecule is CC1CC(=O)C(=c2c(O)c3ccccc3c(O)c2=C2C(=O)CC(C)CC2=O)C(=O)C1. The molecule has 0 bridgehead atoms. The summed E-state index contributed by atoms with van der Waals surface area (Å²) in [6.07, 6.45) is 0.452. The molecule has 0 heterocycles. The van der Waals surface area contributed by atoms with Crippen molar-refractivity contribution >= 4 is 45.1 Å². The van der Waals surface area contributed by atoms with Gasteiger partial charge in [0.1, 0.15) is 11.5 Å². The van der Waals surface area contributed by atoms with Crippen LogP contribution in [0.2, 0.25) is 0 Å². The normalized spacial score (nSPS) is 22.9. The predicted molar refractivity (Wildman–Crippen MR) is 110 cm³/mol. The number of fused-ring (bicyclic) bond motifs is 1. The highest BCUT2D eigenvalue weighted by atomic mass is 16.3. The fourth-order valence-corrected chi connectivity index (χ4v) is 4.58. The Balaban J connectivity index is 2.30. The molecule has 6 heteroatoms. The molecule has 0 aliphatic heterocycles. The third kappa shape index (κ3) is 3.03. The summed E-state index contributed by atoms with van der Waals surface area (Å²) in [5.41, 5.74) is -0.484. The van der Waals surface area contributed by atoms with Gasteiger partial charge in [0, 0.05) is 46.9 Å². The maximum atomic E-state index is 12.8. The molecule has 0 spiro atoms. The van der Waals surface area contributed by atoms with Crippen molar-refractivity contribution in [1.82, 2.24) is 0 Å². The first kappa shape index (κ1) is 20.0. The minimum Gasteiger partial charge on any atom is -0.507 e. The summed E-state index contributed by atoms with van der Waals surface area (Å²) in [5.74, 6) is -2.89. The van der Waals surface area contributed by atoms with Crippen molar-refractivity contribution in [1.29, 1.82) is 0 Å². The van der Waals surface area contributed by atoms with Gasteiger partial charge in [-0.2, -0.15) is 0 Å². The molecule has 0 amide bonds. The summed E-state index contributed by atoms with van der Waals surface area (Å²) >= 11 is 0. The lowest BCUT2D eigenvalue weighted by atomic mass is 9.80. The van der Waals surface area contributed by atoms with E-state index in [1.807, 2.05) is 0 Å². The predicted octanol–water partition coefficient (Wildman–Crippen LogP) is 1.69. The Morgan fingerprint density at radius 1 is 0.633 bits per heavy atom. The summed E-state index contributed by atoms with van der Waals surface area (Å²) in [6, 6.07) is 6.40. The number of phenols is 2. The Bertz CT molecular complexity index is 1130. The molecule has 0 unspecified atom stereocenters. The lowest BCUT2D eigenvalue weighted by Gasteiger charge is -2.21. The highest BCUT2D eigenvalue weighted by Crippen LogP contribution is 2.30. The summed E-state index contributed by atoms with van der Waals surface area (Å²) in [6.45, 7) is 3.57. The molecule has 2 saturated carbocycles. The third-order valence-electron chi connectivity index (χ3n) is 5.91. The molecule has 2 fully saturated rings. The number of rotatable bonds is 0. The van der Waals surface area contributed by atoms with Crippen LogP contribution in [0.5, 0.6) is 11.5 Å². The minimum atomic E-state index is -0.463. The number of ketones is 4. The number of carbonyl (C=O) groups is 4. The van der Waals surface area contributed by atoms with Gasteiger partial charge in [-0.05, 0) is 11.8 Å². The maximum absolute atomic E-state index is 12.8. The minimum absolute atomic E-state index is 0.113. The lowest BCUT2D eigenvalue weighted by Crippen LogP contribution is -2.41. The standard InChI is InChI=1S/C24H22O6/c1-11-7-15(25)19(16(26)8-11)21-22(20-17(27)9-12(2)10-18(20)28)24(30)14-6-4-3-5-13(14)23(21)29/h3-6,11-12,29-30H,7-10H2,1-2H3. The van der Waals surface area contributed by atoms with Crippen LogP contribution in [0.25, 0.3) is 21.9 Å². The van der Waals surface area contributed by atoms with Crippen molar-refractivity contribution < 1.29 is 29.4 Å². The summed E-state index contributed by atoms with van der Waals surface area (Å²) in [7, 11) is 0. The van der Waals surface area contributed by atoms with Crippen LogP contribution >= 0.6 is 0 Å². The number of aromatic hydroxyl groups is 2. The zero-order valence-corrected chi connectivity index (χ0v) is 16.8. The second kappa shape index (κ2) is 7.20. The van der Waals surface area contributed by atoms with Gasteiger partial charge in [-0.25, -0.2) is 0 Å². The van der Waals surface area contributed by atoms with E-state index in [2.05, 4.69) is 0 Å². The maximum Gasteiger partial charge on any atom is 0.167 e. The Kier molecular flexibility index (Phi) is 4.80. The number of phenolic OH excluding ortho intramolecular Hbond substituents is 2. The molecule has 30 heavy (non-hydrogen) atoms. The number of hydrogen-bond acceptors (Lipinski definition) is 6. The molecule has 4 rings (SSSR count). The lowest BCUT2D eigenvalue weighted by molar-refractivity contribution is -0.124. The van der Waals surface area contributed by atoms with E-state index in [1.165, 1.54) is 0 Å². The van der Waals surface area contributed by atoms with E-state index in [9.17, 15) is 29.4 Å². The molecule has 2 aliphatic rings. The van der Waals surface area contributed by atoms with E-state index in [-0.39, 0.29) is 81.4 Å². The zero-order chi connectivity index (χ0) is 21.7. The largest absolute Gasteiger partial charge is 0.507 e. The van der Waals surface area contributed by atoms with Gasteiger partial charge < -0.3 is 10.2 Å². The first-order valence-electron chi connectivity index (χ1n) is 10.0. The molecular formula is C24H22O6. The van der Waals surface area contributed by atoms with E-state index < -0.39 is 23.1 Å². The molecule has 154 valence electrons. The Morgan fingerprint density at radius 2 is 0.933 bits per heavy atom. The quantitative estimate of drug-likeness (QED) is 0.645. The van der Waals surface area contributed by atoms with E-state index in [0.29, 0.717) is 0 Å². The Morgan fingerprint density at radius 3 is 1.23 bits per heavy atom. The molecular weight excluding hydrogens is 384 g/mol. The van der Waals surface area contributed by atoms with Crippen molar-refractivity contribution in [3.05, 3.63) is 34.7 Å². The van der Waals surface area contributed by atoms with E-state index in [0.717, 1.165) is 0 Å². The van der Waals surface area contributed by atoms with E-state index >= 15 is 0 Å². The summed E-state index contributed by atoms with van der Waals surface area (Å²) in [5, 5.41) is 22.3. The van der Waals surface area contributed by atoms with Gasteiger partial charge in [-0.3, -0.25) is 19.2 Å². The van der Waals surface area contributed by atoms with Crippen molar-refractivity contribution in [3.63, 3.8) is 0 Å². The average Bonchev–Trinajstić information content (AvgIpc) is 2.66. The number of Topliss-reactive ketones (excluding diaryl/α,β-unsaturated/α-hetero) is 4. The Labute approximate surface area is 172 Å². The Hall–Kier alpha value is -3.28. The summed E-state index contributed by atoms with van der Waals surface area (Å²) in [4.78, 5) is 51.3. The molecule has 2 N–H and O–H groups in total. The van der Waals surface area contributed by atoms with Crippen LogP contribution in [0.1, 0.15) is 39.5 Å².